The quantitative estimate of drug-likeness (QED) is 0.866. The third-order valence-electron chi connectivity index (χ3n) is 2.20. The second kappa shape index (κ2) is 5.46. The molecule has 0 saturated carbocycles. The summed E-state index contributed by atoms with van der Waals surface area (Å²) in [5.41, 5.74) is 6.23. The number of thioether (sulfide) groups is 1. The van der Waals surface area contributed by atoms with Crippen LogP contribution in [0.15, 0.2) is 28.1 Å². The number of ether oxygens (including phenoxy) is 1. The van der Waals surface area contributed by atoms with E-state index in [1.165, 1.54) is 0 Å². The van der Waals surface area contributed by atoms with Gasteiger partial charge in [0.05, 0.1) is 11.5 Å². The Labute approximate surface area is 114 Å². The SMILES string of the molecule is CCOc1ccc(Cl)cc1/C=C1\SC(N)=NC1=O. The van der Waals surface area contributed by atoms with Crippen molar-refractivity contribution in [2.45, 2.75) is 6.92 Å². The van der Waals surface area contributed by atoms with Crippen molar-refractivity contribution >= 4 is 40.5 Å². The Morgan fingerprint density at radius 2 is 2.33 bits per heavy atom. The van der Waals surface area contributed by atoms with Crippen LogP contribution in [-0.2, 0) is 4.79 Å². The summed E-state index contributed by atoms with van der Waals surface area (Å²) in [5.74, 6) is 0.341. The summed E-state index contributed by atoms with van der Waals surface area (Å²) in [6, 6.07) is 5.25. The first-order valence-electron chi connectivity index (χ1n) is 5.30. The first kappa shape index (κ1) is 13.0. The maximum absolute atomic E-state index is 11.5. The summed E-state index contributed by atoms with van der Waals surface area (Å²) in [7, 11) is 0. The molecule has 0 unspecified atom stereocenters. The Kier molecular flexibility index (Phi) is 3.93. The van der Waals surface area contributed by atoms with Crippen LogP contribution in [0.3, 0.4) is 0 Å². The molecule has 2 N–H and O–H groups in total. The van der Waals surface area contributed by atoms with E-state index in [1.807, 2.05) is 6.92 Å². The van der Waals surface area contributed by atoms with Gasteiger partial charge in [0.2, 0.25) is 0 Å². The van der Waals surface area contributed by atoms with Gasteiger partial charge in [-0.15, -0.1) is 0 Å². The number of benzene rings is 1. The summed E-state index contributed by atoms with van der Waals surface area (Å²) in [4.78, 5) is 15.6. The Morgan fingerprint density at radius 3 is 2.94 bits per heavy atom. The van der Waals surface area contributed by atoms with E-state index in [2.05, 4.69) is 4.99 Å². The van der Waals surface area contributed by atoms with Crippen molar-refractivity contribution in [2.75, 3.05) is 6.61 Å². The number of carbonyl (C=O) groups excluding carboxylic acids is 1. The molecule has 1 aromatic carbocycles. The third-order valence-corrected chi connectivity index (χ3v) is 3.24. The zero-order chi connectivity index (χ0) is 13.1. The van der Waals surface area contributed by atoms with Crippen LogP contribution in [-0.4, -0.2) is 17.7 Å². The van der Waals surface area contributed by atoms with Crippen LogP contribution >= 0.6 is 23.4 Å². The van der Waals surface area contributed by atoms with Crippen molar-refractivity contribution in [2.24, 2.45) is 10.7 Å². The molecule has 6 heteroatoms. The lowest BCUT2D eigenvalue weighted by atomic mass is 10.2. The van der Waals surface area contributed by atoms with Gasteiger partial charge in [-0.3, -0.25) is 4.79 Å². The fourth-order valence-electron chi connectivity index (χ4n) is 1.49. The first-order chi connectivity index (χ1) is 8.60. The highest BCUT2D eigenvalue weighted by molar-refractivity contribution is 8.18. The standard InChI is InChI=1S/C12H11ClN2O2S/c1-2-17-9-4-3-8(13)5-7(9)6-10-11(16)15-12(14)18-10/h3-6H,2H2,1H3,(H2,14,15,16)/b10-6-. The van der Waals surface area contributed by atoms with Gasteiger partial charge in [0.25, 0.3) is 5.91 Å². The molecule has 0 saturated heterocycles. The van der Waals surface area contributed by atoms with E-state index in [9.17, 15) is 4.79 Å². The van der Waals surface area contributed by atoms with Crippen molar-refractivity contribution in [1.29, 1.82) is 0 Å². The zero-order valence-corrected chi connectivity index (χ0v) is 11.2. The molecule has 0 spiro atoms. The van der Waals surface area contributed by atoms with Crippen LogP contribution in [0.25, 0.3) is 6.08 Å². The first-order valence-corrected chi connectivity index (χ1v) is 6.50. The molecule has 0 aliphatic carbocycles. The highest BCUT2D eigenvalue weighted by Crippen LogP contribution is 2.31. The molecule has 1 amide bonds. The lowest BCUT2D eigenvalue weighted by Crippen LogP contribution is -2.01. The monoisotopic (exact) mass is 282 g/mol. The van der Waals surface area contributed by atoms with Gasteiger partial charge >= 0.3 is 0 Å². The fraction of sp³-hybridized carbons (Fsp3) is 0.167. The minimum absolute atomic E-state index is 0.256. The fourth-order valence-corrected chi connectivity index (χ4v) is 2.34. The van der Waals surface area contributed by atoms with Gasteiger partial charge in [0.15, 0.2) is 5.17 Å². The molecule has 0 atom stereocenters. The number of amidine groups is 1. The van der Waals surface area contributed by atoms with Crippen LogP contribution in [0.4, 0.5) is 0 Å². The molecule has 94 valence electrons. The van der Waals surface area contributed by atoms with Gasteiger partial charge in [-0.1, -0.05) is 11.6 Å². The van der Waals surface area contributed by atoms with Crippen LogP contribution in [0.5, 0.6) is 5.75 Å². The normalized spacial score (nSPS) is 17.1. The van der Waals surface area contributed by atoms with E-state index in [0.29, 0.717) is 22.3 Å². The Bertz CT molecular complexity index is 555. The molecule has 0 aromatic heterocycles. The number of hydrogen-bond donors (Lipinski definition) is 1. The van der Waals surface area contributed by atoms with Gasteiger partial charge in [0, 0.05) is 10.6 Å². The number of halogens is 1. The Hall–Kier alpha value is -1.46. The number of nitrogens with two attached hydrogens (primary N) is 1. The summed E-state index contributed by atoms with van der Waals surface area (Å²) in [6.07, 6.45) is 1.69. The summed E-state index contributed by atoms with van der Waals surface area (Å²) < 4.78 is 5.47. The molecule has 18 heavy (non-hydrogen) atoms. The Balaban J connectivity index is 2.36. The van der Waals surface area contributed by atoms with E-state index < -0.39 is 0 Å². The van der Waals surface area contributed by atoms with Gasteiger partial charge in [0.1, 0.15) is 5.75 Å². The van der Waals surface area contributed by atoms with E-state index in [1.54, 1.807) is 24.3 Å². The minimum Gasteiger partial charge on any atom is -0.493 e. The van der Waals surface area contributed by atoms with Crippen LogP contribution in [0.1, 0.15) is 12.5 Å². The predicted molar refractivity (Wildman–Crippen MR) is 74.8 cm³/mol. The zero-order valence-electron chi connectivity index (χ0n) is 9.64. The van der Waals surface area contributed by atoms with Gasteiger partial charge in [-0.05, 0) is 43.0 Å². The molecule has 1 aromatic rings. The summed E-state index contributed by atoms with van der Waals surface area (Å²) in [5, 5.41) is 0.834. The summed E-state index contributed by atoms with van der Waals surface area (Å²) in [6.45, 7) is 2.43. The van der Waals surface area contributed by atoms with Gasteiger partial charge < -0.3 is 10.5 Å². The van der Waals surface area contributed by atoms with Gasteiger partial charge in [-0.25, -0.2) is 0 Å². The van der Waals surface area contributed by atoms with E-state index in [-0.39, 0.29) is 11.1 Å². The molecule has 0 radical (unpaired) electrons. The van der Waals surface area contributed by atoms with Crippen molar-refractivity contribution in [1.82, 2.24) is 0 Å². The number of carbonyl (C=O) groups is 1. The second-order valence-corrected chi connectivity index (χ2v) is 4.98. The summed E-state index contributed by atoms with van der Waals surface area (Å²) >= 11 is 7.08. The minimum atomic E-state index is -0.333. The molecule has 4 nitrogen and oxygen atoms in total. The molecule has 1 aliphatic rings. The van der Waals surface area contributed by atoms with Crippen molar-refractivity contribution in [3.8, 4) is 5.75 Å². The maximum Gasteiger partial charge on any atom is 0.286 e. The highest BCUT2D eigenvalue weighted by atomic mass is 35.5. The van der Waals surface area contributed by atoms with E-state index in [0.717, 1.165) is 17.3 Å². The number of hydrogen-bond acceptors (Lipinski definition) is 4. The van der Waals surface area contributed by atoms with Gasteiger partial charge in [-0.2, -0.15) is 4.99 Å². The largest absolute Gasteiger partial charge is 0.493 e. The number of nitrogens with zero attached hydrogens (tertiary/aromatic N) is 1. The molecule has 1 heterocycles. The molecule has 0 bridgehead atoms. The molecule has 2 rings (SSSR count). The lowest BCUT2D eigenvalue weighted by molar-refractivity contribution is -0.113. The number of amides is 1. The lowest BCUT2D eigenvalue weighted by Gasteiger charge is -2.07. The maximum atomic E-state index is 11.5. The molecule has 1 aliphatic heterocycles. The highest BCUT2D eigenvalue weighted by Gasteiger charge is 2.20. The van der Waals surface area contributed by atoms with Crippen molar-refractivity contribution < 1.29 is 9.53 Å². The molecule has 0 fully saturated rings. The molecular formula is C12H11ClN2O2S. The Morgan fingerprint density at radius 1 is 1.56 bits per heavy atom. The van der Waals surface area contributed by atoms with Crippen LogP contribution in [0, 0.1) is 0 Å². The number of aliphatic imine (C=N–C) groups is 1. The van der Waals surface area contributed by atoms with E-state index >= 15 is 0 Å². The average molecular weight is 283 g/mol. The topological polar surface area (TPSA) is 64.7 Å². The predicted octanol–water partition coefficient (Wildman–Crippen LogP) is 2.67. The third kappa shape index (κ3) is 2.86. The second-order valence-electron chi connectivity index (χ2n) is 3.48. The smallest absolute Gasteiger partial charge is 0.286 e. The van der Waals surface area contributed by atoms with E-state index in [4.69, 9.17) is 22.1 Å². The number of rotatable bonds is 3. The van der Waals surface area contributed by atoms with Crippen LogP contribution < -0.4 is 10.5 Å². The van der Waals surface area contributed by atoms with Crippen molar-refractivity contribution in [3.63, 3.8) is 0 Å². The molecular weight excluding hydrogens is 272 g/mol. The van der Waals surface area contributed by atoms with Crippen molar-refractivity contribution in [3.05, 3.63) is 33.7 Å². The average Bonchev–Trinajstić information content (AvgIpc) is 2.61. The van der Waals surface area contributed by atoms with Crippen LogP contribution in [0.2, 0.25) is 5.02 Å².